The van der Waals surface area contributed by atoms with E-state index in [1.807, 2.05) is 0 Å². The second-order valence-electron chi connectivity index (χ2n) is 6.17. The molecule has 1 heteroatoms. The standard InChI is InChI=1S/C18H31N/c1-5-6-7-8-17-11-13-18(14-12-17)19-16(4)10-9-15(2)3/h11-16,19H,5-10H2,1-4H3. The average molecular weight is 261 g/mol. The molecule has 0 aliphatic rings. The van der Waals surface area contributed by atoms with E-state index in [2.05, 4.69) is 57.3 Å². The molecule has 0 aliphatic heterocycles. The zero-order valence-corrected chi connectivity index (χ0v) is 13.2. The molecular weight excluding hydrogens is 230 g/mol. The summed E-state index contributed by atoms with van der Waals surface area (Å²) < 4.78 is 0. The highest BCUT2D eigenvalue weighted by Crippen LogP contribution is 2.15. The van der Waals surface area contributed by atoms with E-state index in [-0.39, 0.29) is 0 Å². The van der Waals surface area contributed by atoms with Gasteiger partial charge in [-0.15, -0.1) is 0 Å². The van der Waals surface area contributed by atoms with Gasteiger partial charge in [-0.2, -0.15) is 0 Å². The van der Waals surface area contributed by atoms with Crippen LogP contribution in [0.1, 0.15) is 65.4 Å². The largest absolute Gasteiger partial charge is 0.383 e. The van der Waals surface area contributed by atoms with Crippen LogP contribution in [0.3, 0.4) is 0 Å². The molecule has 1 rings (SSSR count). The summed E-state index contributed by atoms with van der Waals surface area (Å²) in [5.74, 6) is 0.796. The maximum absolute atomic E-state index is 3.59. The van der Waals surface area contributed by atoms with Gasteiger partial charge in [0.1, 0.15) is 0 Å². The van der Waals surface area contributed by atoms with E-state index in [9.17, 15) is 0 Å². The van der Waals surface area contributed by atoms with Crippen molar-refractivity contribution in [3.05, 3.63) is 29.8 Å². The Hall–Kier alpha value is -0.980. The van der Waals surface area contributed by atoms with Crippen LogP contribution in [0, 0.1) is 5.92 Å². The van der Waals surface area contributed by atoms with Crippen LogP contribution >= 0.6 is 0 Å². The number of anilines is 1. The Balaban J connectivity index is 2.34. The summed E-state index contributed by atoms with van der Waals surface area (Å²) in [7, 11) is 0. The van der Waals surface area contributed by atoms with E-state index < -0.39 is 0 Å². The zero-order chi connectivity index (χ0) is 14.1. The van der Waals surface area contributed by atoms with Gasteiger partial charge in [-0.1, -0.05) is 45.7 Å². The minimum atomic E-state index is 0.563. The lowest BCUT2D eigenvalue weighted by Crippen LogP contribution is -2.15. The minimum Gasteiger partial charge on any atom is -0.383 e. The number of hydrogen-bond donors (Lipinski definition) is 1. The first-order chi connectivity index (χ1) is 9.11. The fraction of sp³-hybridized carbons (Fsp3) is 0.667. The molecule has 0 aliphatic carbocycles. The first-order valence-electron chi connectivity index (χ1n) is 7.97. The predicted molar refractivity (Wildman–Crippen MR) is 86.8 cm³/mol. The van der Waals surface area contributed by atoms with Crippen LogP contribution in [0.25, 0.3) is 0 Å². The Labute approximate surface area is 119 Å². The molecule has 1 unspecified atom stereocenters. The summed E-state index contributed by atoms with van der Waals surface area (Å²) >= 11 is 0. The normalized spacial score (nSPS) is 12.7. The van der Waals surface area contributed by atoms with Crippen molar-refractivity contribution in [2.24, 2.45) is 5.92 Å². The third kappa shape index (κ3) is 7.25. The number of rotatable bonds is 9. The smallest absolute Gasteiger partial charge is 0.0342 e. The Bertz CT molecular complexity index is 326. The van der Waals surface area contributed by atoms with Crippen LogP contribution < -0.4 is 5.32 Å². The molecule has 1 aromatic rings. The van der Waals surface area contributed by atoms with Crippen molar-refractivity contribution in [3.8, 4) is 0 Å². The van der Waals surface area contributed by atoms with Gasteiger partial charge in [-0.3, -0.25) is 0 Å². The van der Waals surface area contributed by atoms with Crippen molar-refractivity contribution in [2.45, 2.75) is 72.3 Å². The molecule has 0 radical (unpaired) electrons. The average Bonchev–Trinajstić information content (AvgIpc) is 2.39. The van der Waals surface area contributed by atoms with E-state index in [4.69, 9.17) is 0 Å². The Morgan fingerprint density at radius 2 is 1.63 bits per heavy atom. The second-order valence-corrected chi connectivity index (χ2v) is 6.17. The van der Waals surface area contributed by atoms with E-state index in [1.54, 1.807) is 0 Å². The summed E-state index contributed by atoms with van der Waals surface area (Å²) in [4.78, 5) is 0. The SMILES string of the molecule is CCCCCc1ccc(NC(C)CCC(C)C)cc1. The van der Waals surface area contributed by atoms with Crippen LogP contribution in [-0.2, 0) is 6.42 Å². The predicted octanol–water partition coefficient (Wildman–Crippen LogP) is 5.66. The Morgan fingerprint density at radius 3 is 2.21 bits per heavy atom. The van der Waals surface area contributed by atoms with Crippen LogP contribution in [0.15, 0.2) is 24.3 Å². The Morgan fingerprint density at radius 1 is 0.947 bits per heavy atom. The van der Waals surface area contributed by atoms with Crippen molar-refractivity contribution < 1.29 is 0 Å². The molecule has 0 fully saturated rings. The maximum Gasteiger partial charge on any atom is 0.0342 e. The quantitative estimate of drug-likeness (QED) is 0.566. The first-order valence-corrected chi connectivity index (χ1v) is 7.97. The molecule has 19 heavy (non-hydrogen) atoms. The molecule has 0 saturated heterocycles. The van der Waals surface area contributed by atoms with Crippen molar-refractivity contribution in [3.63, 3.8) is 0 Å². The molecule has 1 nitrogen and oxygen atoms in total. The van der Waals surface area contributed by atoms with E-state index in [0.29, 0.717) is 6.04 Å². The summed E-state index contributed by atoms with van der Waals surface area (Å²) in [6, 6.07) is 9.56. The molecule has 1 atom stereocenters. The number of nitrogens with one attached hydrogen (secondary N) is 1. The topological polar surface area (TPSA) is 12.0 Å². The number of unbranched alkanes of at least 4 members (excludes halogenated alkanes) is 2. The molecule has 1 N–H and O–H groups in total. The van der Waals surface area contributed by atoms with Gasteiger partial charge in [0.05, 0.1) is 0 Å². The number of aryl methyl sites for hydroxylation is 1. The maximum atomic E-state index is 3.59. The van der Waals surface area contributed by atoms with Gasteiger partial charge in [-0.25, -0.2) is 0 Å². The van der Waals surface area contributed by atoms with Crippen LogP contribution in [0.2, 0.25) is 0 Å². The van der Waals surface area contributed by atoms with E-state index >= 15 is 0 Å². The van der Waals surface area contributed by atoms with Gasteiger partial charge < -0.3 is 5.32 Å². The first kappa shape index (κ1) is 16.1. The van der Waals surface area contributed by atoms with Crippen LogP contribution in [0.4, 0.5) is 5.69 Å². The monoisotopic (exact) mass is 261 g/mol. The highest BCUT2D eigenvalue weighted by Gasteiger charge is 2.03. The molecule has 1 aromatic carbocycles. The second kappa shape index (κ2) is 9.01. The lowest BCUT2D eigenvalue weighted by atomic mass is 10.0. The fourth-order valence-electron chi connectivity index (χ4n) is 2.29. The molecule has 0 heterocycles. The summed E-state index contributed by atoms with van der Waals surface area (Å²) in [6.45, 7) is 9.11. The summed E-state index contributed by atoms with van der Waals surface area (Å²) in [5, 5.41) is 3.59. The molecule has 0 aromatic heterocycles. The highest BCUT2D eigenvalue weighted by molar-refractivity contribution is 5.45. The van der Waals surface area contributed by atoms with Crippen molar-refractivity contribution in [1.82, 2.24) is 0 Å². The zero-order valence-electron chi connectivity index (χ0n) is 13.2. The van der Waals surface area contributed by atoms with Gasteiger partial charge in [-0.05, 0) is 56.2 Å². The van der Waals surface area contributed by atoms with Crippen molar-refractivity contribution in [2.75, 3.05) is 5.32 Å². The van der Waals surface area contributed by atoms with Gasteiger partial charge in [0.25, 0.3) is 0 Å². The van der Waals surface area contributed by atoms with E-state index in [0.717, 1.165) is 5.92 Å². The number of benzene rings is 1. The van der Waals surface area contributed by atoms with E-state index in [1.165, 1.54) is 49.8 Å². The van der Waals surface area contributed by atoms with Gasteiger partial charge >= 0.3 is 0 Å². The minimum absolute atomic E-state index is 0.563. The molecule has 0 bridgehead atoms. The Kier molecular flexibility index (Phi) is 7.62. The van der Waals surface area contributed by atoms with Gasteiger partial charge in [0, 0.05) is 11.7 Å². The van der Waals surface area contributed by atoms with Crippen LogP contribution in [0.5, 0.6) is 0 Å². The fourth-order valence-corrected chi connectivity index (χ4v) is 2.29. The molecule has 0 spiro atoms. The third-order valence-electron chi connectivity index (χ3n) is 3.61. The molecule has 108 valence electrons. The summed E-state index contributed by atoms with van der Waals surface area (Å²) in [5.41, 5.74) is 2.73. The lowest BCUT2D eigenvalue weighted by molar-refractivity contribution is 0.528. The molecule has 0 amide bonds. The number of hydrogen-bond acceptors (Lipinski definition) is 1. The van der Waals surface area contributed by atoms with Crippen molar-refractivity contribution in [1.29, 1.82) is 0 Å². The van der Waals surface area contributed by atoms with Crippen LogP contribution in [-0.4, -0.2) is 6.04 Å². The van der Waals surface area contributed by atoms with Crippen molar-refractivity contribution >= 4 is 5.69 Å². The molecule has 0 saturated carbocycles. The van der Waals surface area contributed by atoms with Gasteiger partial charge in [0.15, 0.2) is 0 Å². The van der Waals surface area contributed by atoms with Gasteiger partial charge in [0.2, 0.25) is 0 Å². The highest BCUT2D eigenvalue weighted by atomic mass is 14.9. The molecular formula is C18H31N. The summed E-state index contributed by atoms with van der Waals surface area (Å²) in [6.07, 6.45) is 7.71. The lowest BCUT2D eigenvalue weighted by Gasteiger charge is -2.16. The third-order valence-corrected chi connectivity index (χ3v) is 3.61.